The molecule has 0 aliphatic heterocycles. The summed E-state index contributed by atoms with van der Waals surface area (Å²) in [6.07, 6.45) is 0. The molecule has 1 N–H and O–H groups in total. The van der Waals surface area contributed by atoms with Crippen LogP contribution >= 0.6 is 11.8 Å². The zero-order valence-electron chi connectivity index (χ0n) is 12.1. The van der Waals surface area contributed by atoms with Gasteiger partial charge in [0.15, 0.2) is 5.78 Å². The van der Waals surface area contributed by atoms with Gasteiger partial charge in [-0.3, -0.25) is 9.59 Å². The van der Waals surface area contributed by atoms with Crippen molar-refractivity contribution in [3.63, 3.8) is 0 Å². The molecule has 0 aromatic heterocycles. The second-order valence-corrected chi connectivity index (χ2v) is 5.77. The minimum Gasteiger partial charge on any atom is -0.351 e. The Morgan fingerprint density at radius 2 is 1.86 bits per heavy atom. The summed E-state index contributed by atoms with van der Waals surface area (Å²) in [7, 11) is 0. The van der Waals surface area contributed by atoms with Gasteiger partial charge in [-0.15, -0.1) is 11.8 Å². The molecule has 0 aliphatic rings. The Labute approximate surface area is 132 Å². The van der Waals surface area contributed by atoms with Crippen LogP contribution in [0.4, 0.5) is 4.39 Å². The Morgan fingerprint density at radius 3 is 2.50 bits per heavy atom. The molecule has 5 heteroatoms. The van der Waals surface area contributed by atoms with Crippen molar-refractivity contribution in [1.29, 1.82) is 0 Å². The van der Waals surface area contributed by atoms with Crippen molar-refractivity contribution >= 4 is 23.5 Å². The van der Waals surface area contributed by atoms with Crippen LogP contribution in [-0.2, 0) is 11.3 Å². The average Bonchev–Trinajstić information content (AvgIpc) is 2.52. The number of Topliss-reactive ketones (excluding diaryl/α,β-unsaturated/α-hetero) is 1. The second kappa shape index (κ2) is 7.75. The second-order valence-electron chi connectivity index (χ2n) is 4.75. The van der Waals surface area contributed by atoms with Crippen molar-refractivity contribution in [3.8, 4) is 0 Å². The van der Waals surface area contributed by atoms with E-state index < -0.39 is 5.82 Å². The van der Waals surface area contributed by atoms with Crippen molar-refractivity contribution in [2.75, 3.05) is 5.75 Å². The maximum absolute atomic E-state index is 13.8. The number of carbonyl (C=O) groups excluding carboxylic acids is 2. The number of halogens is 1. The molecule has 114 valence electrons. The van der Waals surface area contributed by atoms with Crippen molar-refractivity contribution in [2.45, 2.75) is 18.4 Å². The minimum absolute atomic E-state index is 0.128. The third-order valence-electron chi connectivity index (χ3n) is 3.03. The van der Waals surface area contributed by atoms with E-state index in [1.54, 1.807) is 6.07 Å². The Kier molecular flexibility index (Phi) is 5.72. The summed E-state index contributed by atoms with van der Waals surface area (Å²) < 4.78 is 13.8. The first-order valence-corrected chi connectivity index (χ1v) is 7.79. The van der Waals surface area contributed by atoms with Crippen LogP contribution in [0.3, 0.4) is 0 Å². The Bertz CT molecular complexity index is 674. The zero-order valence-corrected chi connectivity index (χ0v) is 13.0. The zero-order chi connectivity index (χ0) is 15.9. The van der Waals surface area contributed by atoms with Crippen LogP contribution in [0.1, 0.15) is 22.8 Å². The summed E-state index contributed by atoms with van der Waals surface area (Å²) in [4.78, 5) is 23.3. The standard InChI is InChI=1S/C17H16FNO2S/c1-12(20)14-7-8-16(15(18)9-14)22-11-17(21)19-10-13-5-3-2-4-6-13/h2-9H,10-11H2,1H3,(H,19,21). The van der Waals surface area contributed by atoms with Crippen LogP contribution < -0.4 is 5.32 Å². The maximum atomic E-state index is 13.8. The summed E-state index contributed by atoms with van der Waals surface area (Å²) in [5.41, 5.74) is 1.34. The normalized spacial score (nSPS) is 10.3. The molecule has 2 aromatic rings. The molecular weight excluding hydrogens is 301 g/mol. The summed E-state index contributed by atoms with van der Waals surface area (Å²) in [5.74, 6) is -0.697. The van der Waals surface area contributed by atoms with E-state index in [1.165, 1.54) is 19.1 Å². The first kappa shape index (κ1) is 16.2. The lowest BCUT2D eigenvalue weighted by Gasteiger charge is -2.06. The average molecular weight is 317 g/mol. The Balaban J connectivity index is 1.85. The van der Waals surface area contributed by atoms with Crippen LogP contribution in [0.25, 0.3) is 0 Å². The molecular formula is C17H16FNO2S. The predicted octanol–water partition coefficient (Wildman–Crippen LogP) is 3.44. The Hall–Kier alpha value is -2.14. The SMILES string of the molecule is CC(=O)c1ccc(SCC(=O)NCc2ccccc2)c(F)c1. The monoisotopic (exact) mass is 317 g/mol. The Morgan fingerprint density at radius 1 is 1.14 bits per heavy atom. The van der Waals surface area contributed by atoms with E-state index in [0.29, 0.717) is 17.0 Å². The van der Waals surface area contributed by atoms with Gasteiger partial charge >= 0.3 is 0 Å². The molecule has 0 atom stereocenters. The van der Waals surface area contributed by atoms with Crippen molar-refractivity contribution in [1.82, 2.24) is 5.32 Å². The summed E-state index contributed by atoms with van der Waals surface area (Å²) in [6, 6.07) is 13.9. The summed E-state index contributed by atoms with van der Waals surface area (Å²) >= 11 is 1.11. The molecule has 0 radical (unpaired) electrons. The number of nitrogens with one attached hydrogen (secondary N) is 1. The number of hydrogen-bond donors (Lipinski definition) is 1. The minimum atomic E-state index is -0.478. The molecule has 0 saturated carbocycles. The van der Waals surface area contributed by atoms with Crippen molar-refractivity contribution in [3.05, 3.63) is 65.5 Å². The molecule has 3 nitrogen and oxygen atoms in total. The van der Waals surface area contributed by atoms with E-state index in [4.69, 9.17) is 0 Å². The largest absolute Gasteiger partial charge is 0.351 e. The van der Waals surface area contributed by atoms with Gasteiger partial charge in [-0.1, -0.05) is 36.4 Å². The van der Waals surface area contributed by atoms with Gasteiger partial charge in [0.25, 0.3) is 0 Å². The van der Waals surface area contributed by atoms with Crippen molar-refractivity contribution in [2.24, 2.45) is 0 Å². The molecule has 0 saturated heterocycles. The highest BCUT2D eigenvalue weighted by Gasteiger charge is 2.09. The van der Waals surface area contributed by atoms with Crippen molar-refractivity contribution < 1.29 is 14.0 Å². The molecule has 2 aromatic carbocycles. The lowest BCUT2D eigenvalue weighted by atomic mass is 10.1. The molecule has 0 aliphatic carbocycles. The lowest BCUT2D eigenvalue weighted by molar-refractivity contribution is -0.118. The van der Waals surface area contributed by atoms with Gasteiger partial charge in [0.2, 0.25) is 5.91 Å². The van der Waals surface area contributed by atoms with Crippen LogP contribution in [0.15, 0.2) is 53.4 Å². The maximum Gasteiger partial charge on any atom is 0.230 e. The molecule has 0 spiro atoms. The smallest absolute Gasteiger partial charge is 0.230 e. The highest BCUT2D eigenvalue weighted by Crippen LogP contribution is 2.22. The number of amides is 1. The fourth-order valence-electron chi connectivity index (χ4n) is 1.83. The van der Waals surface area contributed by atoms with Gasteiger partial charge < -0.3 is 5.32 Å². The van der Waals surface area contributed by atoms with Gasteiger partial charge in [0.05, 0.1) is 5.75 Å². The molecule has 22 heavy (non-hydrogen) atoms. The molecule has 0 bridgehead atoms. The van der Waals surface area contributed by atoms with E-state index in [-0.39, 0.29) is 17.4 Å². The van der Waals surface area contributed by atoms with Gasteiger partial charge in [0.1, 0.15) is 5.82 Å². The van der Waals surface area contributed by atoms with Gasteiger partial charge in [-0.05, 0) is 24.6 Å². The van der Waals surface area contributed by atoms with E-state index in [2.05, 4.69) is 5.32 Å². The number of carbonyl (C=O) groups is 2. The first-order chi connectivity index (χ1) is 10.6. The van der Waals surface area contributed by atoms with Crippen LogP contribution in [0, 0.1) is 5.82 Å². The number of hydrogen-bond acceptors (Lipinski definition) is 3. The van der Waals surface area contributed by atoms with Gasteiger partial charge in [-0.25, -0.2) is 4.39 Å². The van der Waals surface area contributed by atoms with Gasteiger partial charge in [-0.2, -0.15) is 0 Å². The van der Waals surface area contributed by atoms with E-state index in [1.807, 2.05) is 30.3 Å². The molecule has 0 heterocycles. The van der Waals surface area contributed by atoms with Crippen LogP contribution in [0.5, 0.6) is 0 Å². The van der Waals surface area contributed by atoms with E-state index in [0.717, 1.165) is 17.3 Å². The highest BCUT2D eigenvalue weighted by molar-refractivity contribution is 8.00. The molecule has 2 rings (SSSR count). The van der Waals surface area contributed by atoms with E-state index >= 15 is 0 Å². The van der Waals surface area contributed by atoms with Gasteiger partial charge in [0, 0.05) is 17.0 Å². The predicted molar refractivity (Wildman–Crippen MR) is 85.4 cm³/mol. The fourth-order valence-corrected chi connectivity index (χ4v) is 2.58. The third-order valence-corrected chi connectivity index (χ3v) is 4.08. The van der Waals surface area contributed by atoms with Crippen LogP contribution in [-0.4, -0.2) is 17.4 Å². The molecule has 0 fully saturated rings. The van der Waals surface area contributed by atoms with E-state index in [9.17, 15) is 14.0 Å². The first-order valence-electron chi connectivity index (χ1n) is 6.80. The lowest BCUT2D eigenvalue weighted by Crippen LogP contribution is -2.24. The number of rotatable bonds is 6. The summed E-state index contributed by atoms with van der Waals surface area (Å²) in [6.45, 7) is 1.84. The molecule has 0 unspecified atom stereocenters. The highest BCUT2D eigenvalue weighted by atomic mass is 32.2. The quantitative estimate of drug-likeness (QED) is 0.656. The molecule has 1 amide bonds. The number of thioether (sulfide) groups is 1. The topological polar surface area (TPSA) is 46.2 Å². The number of benzene rings is 2. The third kappa shape index (κ3) is 4.70. The van der Waals surface area contributed by atoms with Crippen LogP contribution in [0.2, 0.25) is 0 Å². The number of ketones is 1. The fraction of sp³-hybridized carbons (Fsp3) is 0.176. The summed E-state index contributed by atoms with van der Waals surface area (Å²) in [5, 5.41) is 2.78.